The van der Waals surface area contributed by atoms with Crippen molar-refractivity contribution < 1.29 is 18.0 Å². The fourth-order valence-corrected chi connectivity index (χ4v) is 3.61. The fourth-order valence-electron chi connectivity index (χ4n) is 3.61. The van der Waals surface area contributed by atoms with E-state index in [0.717, 1.165) is 23.7 Å². The molecule has 8 heteroatoms. The molecule has 1 fully saturated rings. The number of hydrogen-bond acceptors (Lipinski definition) is 4. The molecule has 1 saturated heterocycles. The van der Waals surface area contributed by atoms with E-state index in [4.69, 9.17) is 11.5 Å². The summed E-state index contributed by atoms with van der Waals surface area (Å²) < 4.78 is 38.5. The van der Waals surface area contributed by atoms with Crippen molar-refractivity contribution in [3.05, 3.63) is 95.0 Å². The van der Waals surface area contributed by atoms with E-state index in [1.54, 1.807) is 6.07 Å². The van der Waals surface area contributed by atoms with Crippen molar-refractivity contribution in [1.82, 2.24) is 10.2 Å². The highest BCUT2D eigenvalue weighted by Gasteiger charge is 2.32. The van der Waals surface area contributed by atoms with E-state index < -0.39 is 11.7 Å². The molecule has 5 nitrogen and oxygen atoms in total. The van der Waals surface area contributed by atoms with Gasteiger partial charge in [0.15, 0.2) is 0 Å². The number of aryl methyl sites for hydroxylation is 2. The van der Waals surface area contributed by atoms with Crippen LogP contribution in [-0.2, 0) is 30.4 Å². The third kappa shape index (κ3) is 6.37. The van der Waals surface area contributed by atoms with Crippen molar-refractivity contribution in [1.29, 1.82) is 0 Å². The first-order valence-electron chi connectivity index (χ1n) is 10.4. The van der Waals surface area contributed by atoms with Gasteiger partial charge >= 0.3 is 6.18 Å². The number of halogens is 3. The fraction of sp³-hybridized carbons (Fsp3) is 0.292. The maximum absolute atomic E-state index is 12.8. The Morgan fingerprint density at radius 3 is 2.31 bits per heavy atom. The van der Waals surface area contributed by atoms with Gasteiger partial charge in [-0.2, -0.15) is 13.2 Å². The van der Waals surface area contributed by atoms with Gasteiger partial charge in [0.25, 0.3) is 0 Å². The van der Waals surface area contributed by atoms with E-state index in [-0.39, 0.29) is 11.8 Å². The minimum atomic E-state index is -4.32. The van der Waals surface area contributed by atoms with Crippen LogP contribution in [0.25, 0.3) is 0 Å². The zero-order chi connectivity index (χ0) is 23.1. The van der Waals surface area contributed by atoms with Crippen LogP contribution in [-0.4, -0.2) is 23.9 Å². The lowest BCUT2D eigenvalue weighted by Crippen LogP contribution is -2.52. The summed E-state index contributed by atoms with van der Waals surface area (Å²) in [5, 5.41) is 2.74. The van der Waals surface area contributed by atoms with Crippen molar-refractivity contribution in [3.8, 4) is 0 Å². The molecule has 3 rings (SSSR count). The van der Waals surface area contributed by atoms with E-state index in [2.05, 4.69) is 10.2 Å². The summed E-state index contributed by atoms with van der Waals surface area (Å²) in [5.74, 6) is -0.177. The Morgan fingerprint density at radius 1 is 1.03 bits per heavy atom. The van der Waals surface area contributed by atoms with Crippen LogP contribution in [0.1, 0.15) is 22.3 Å². The van der Waals surface area contributed by atoms with Crippen LogP contribution in [0.2, 0.25) is 0 Å². The van der Waals surface area contributed by atoms with Gasteiger partial charge in [-0.3, -0.25) is 9.69 Å². The summed E-state index contributed by atoms with van der Waals surface area (Å²) in [6.45, 7) is 2.06. The lowest BCUT2D eigenvalue weighted by Gasteiger charge is -2.38. The molecular weight excluding hydrogens is 417 g/mol. The molecule has 0 atom stereocenters. The first kappa shape index (κ1) is 23.4. The largest absolute Gasteiger partial charge is 0.416 e. The quantitative estimate of drug-likeness (QED) is 0.546. The van der Waals surface area contributed by atoms with Gasteiger partial charge in [-0.1, -0.05) is 42.5 Å². The number of carbonyl (C=O) groups excluding carboxylic acids is 1. The number of nitrogens with one attached hydrogen (secondary N) is 1. The molecule has 0 unspecified atom stereocenters. The smallest absolute Gasteiger partial charge is 0.405 e. The summed E-state index contributed by atoms with van der Waals surface area (Å²) in [5.41, 5.74) is 13.5. The Labute approximate surface area is 185 Å². The Kier molecular flexibility index (Phi) is 7.58. The summed E-state index contributed by atoms with van der Waals surface area (Å²) in [7, 11) is 0. The standard InChI is InChI=1S/C24H27F3N4O/c25-24(26,27)21-3-1-2-18(12-21)7-4-17-5-8-19(9-6-17)14-31-15-20(16-31)23(32)30-22(13-29)10-11-28/h1-3,5-6,8-13,20H,4,7,14-16,28-29H2,(H,30,32)/b11-10-,22-13+. The third-order valence-electron chi connectivity index (χ3n) is 5.44. The molecule has 1 aliphatic heterocycles. The maximum atomic E-state index is 12.8. The summed E-state index contributed by atoms with van der Waals surface area (Å²) in [6, 6.07) is 13.5. The van der Waals surface area contributed by atoms with Crippen LogP contribution in [0, 0.1) is 5.92 Å². The molecule has 32 heavy (non-hydrogen) atoms. The predicted molar refractivity (Wildman–Crippen MR) is 118 cm³/mol. The number of likely N-dealkylation sites (tertiary alicyclic amines) is 1. The first-order valence-corrected chi connectivity index (χ1v) is 10.4. The van der Waals surface area contributed by atoms with Crippen molar-refractivity contribution in [3.63, 3.8) is 0 Å². The van der Waals surface area contributed by atoms with Gasteiger partial charge in [-0.25, -0.2) is 0 Å². The van der Waals surface area contributed by atoms with E-state index >= 15 is 0 Å². The van der Waals surface area contributed by atoms with E-state index in [1.165, 1.54) is 30.6 Å². The van der Waals surface area contributed by atoms with E-state index in [0.29, 0.717) is 37.2 Å². The Morgan fingerprint density at radius 2 is 1.69 bits per heavy atom. The lowest BCUT2D eigenvalue weighted by molar-refractivity contribution is -0.137. The summed E-state index contributed by atoms with van der Waals surface area (Å²) >= 11 is 0. The average molecular weight is 445 g/mol. The van der Waals surface area contributed by atoms with Gasteiger partial charge in [0.05, 0.1) is 17.2 Å². The van der Waals surface area contributed by atoms with Crippen molar-refractivity contribution >= 4 is 5.91 Å². The monoisotopic (exact) mass is 444 g/mol. The number of benzene rings is 2. The Hall–Kier alpha value is -3.26. The lowest BCUT2D eigenvalue weighted by atomic mass is 9.97. The molecule has 0 aromatic heterocycles. The number of carbonyl (C=O) groups is 1. The average Bonchev–Trinajstić information content (AvgIpc) is 2.74. The second kappa shape index (κ2) is 10.4. The normalized spacial score (nSPS) is 15.7. The maximum Gasteiger partial charge on any atom is 0.416 e. The molecule has 1 heterocycles. The van der Waals surface area contributed by atoms with Gasteiger partial charge in [0.2, 0.25) is 5.91 Å². The van der Waals surface area contributed by atoms with E-state index in [9.17, 15) is 18.0 Å². The highest BCUT2D eigenvalue weighted by molar-refractivity contribution is 5.82. The van der Waals surface area contributed by atoms with Crippen LogP contribution in [0.4, 0.5) is 13.2 Å². The minimum absolute atomic E-state index is 0.0824. The number of alkyl halides is 3. The number of allylic oxidation sites excluding steroid dienone is 1. The van der Waals surface area contributed by atoms with Gasteiger partial charge in [0.1, 0.15) is 0 Å². The Balaban J connectivity index is 1.45. The van der Waals surface area contributed by atoms with Gasteiger partial charge in [-0.15, -0.1) is 0 Å². The molecule has 0 saturated carbocycles. The molecule has 2 aromatic rings. The SMILES string of the molecule is N/C=C\C(=C/N)NC(=O)C1CN(Cc2ccc(CCc3cccc(C(F)(F)F)c3)cc2)C1. The number of amides is 1. The van der Waals surface area contributed by atoms with Gasteiger partial charge in [-0.05, 0) is 47.9 Å². The molecule has 0 bridgehead atoms. The highest BCUT2D eigenvalue weighted by atomic mass is 19.4. The third-order valence-corrected chi connectivity index (χ3v) is 5.44. The molecular formula is C24H27F3N4O. The number of nitrogens with two attached hydrogens (primary N) is 2. The molecule has 170 valence electrons. The first-order chi connectivity index (χ1) is 15.3. The molecule has 1 aliphatic rings. The van der Waals surface area contributed by atoms with Crippen LogP contribution < -0.4 is 16.8 Å². The zero-order valence-electron chi connectivity index (χ0n) is 17.6. The summed E-state index contributed by atoms with van der Waals surface area (Å²) in [4.78, 5) is 14.4. The predicted octanol–water partition coefficient (Wildman–Crippen LogP) is 3.31. The molecule has 0 radical (unpaired) electrons. The second-order valence-electron chi connectivity index (χ2n) is 7.88. The number of rotatable bonds is 8. The molecule has 0 aliphatic carbocycles. The second-order valence-corrected chi connectivity index (χ2v) is 7.88. The summed E-state index contributed by atoms with van der Waals surface area (Å²) in [6.07, 6.45) is 1.04. The van der Waals surface area contributed by atoms with Crippen LogP contribution in [0.15, 0.2) is 72.7 Å². The molecule has 5 N–H and O–H groups in total. The zero-order valence-corrected chi connectivity index (χ0v) is 17.6. The van der Waals surface area contributed by atoms with E-state index in [1.807, 2.05) is 24.3 Å². The van der Waals surface area contributed by atoms with Gasteiger partial charge in [0, 0.05) is 25.8 Å². The highest BCUT2D eigenvalue weighted by Crippen LogP contribution is 2.29. The Bertz CT molecular complexity index is 977. The number of hydrogen-bond donors (Lipinski definition) is 3. The van der Waals surface area contributed by atoms with Crippen LogP contribution >= 0.6 is 0 Å². The van der Waals surface area contributed by atoms with Crippen LogP contribution in [0.5, 0.6) is 0 Å². The van der Waals surface area contributed by atoms with Gasteiger partial charge < -0.3 is 16.8 Å². The van der Waals surface area contributed by atoms with Crippen molar-refractivity contribution in [2.75, 3.05) is 13.1 Å². The van der Waals surface area contributed by atoms with Crippen molar-refractivity contribution in [2.24, 2.45) is 17.4 Å². The molecule has 0 spiro atoms. The number of nitrogens with zero attached hydrogens (tertiary/aromatic N) is 1. The molecule has 1 amide bonds. The van der Waals surface area contributed by atoms with Crippen molar-refractivity contribution in [2.45, 2.75) is 25.6 Å². The topological polar surface area (TPSA) is 84.4 Å². The minimum Gasteiger partial charge on any atom is -0.405 e. The van der Waals surface area contributed by atoms with Crippen LogP contribution in [0.3, 0.4) is 0 Å². The molecule has 2 aromatic carbocycles.